The van der Waals surface area contributed by atoms with Gasteiger partial charge in [0.15, 0.2) is 9.84 Å². The summed E-state index contributed by atoms with van der Waals surface area (Å²) in [5, 5.41) is 2.80. The summed E-state index contributed by atoms with van der Waals surface area (Å²) in [6.07, 6.45) is 0. The molecule has 6 heteroatoms. The van der Waals surface area contributed by atoms with Gasteiger partial charge in [-0.05, 0) is 33.0 Å². The lowest BCUT2D eigenvalue weighted by atomic mass is 10.1. The molecule has 1 N–H and O–H groups in total. The number of nitrogens with one attached hydrogen (secondary N) is 1. The minimum Gasteiger partial charge on any atom is -0.492 e. The van der Waals surface area contributed by atoms with E-state index in [-0.39, 0.29) is 23.7 Å². The van der Waals surface area contributed by atoms with Gasteiger partial charge in [0.25, 0.3) is 0 Å². The topological polar surface area (TPSA) is 64.6 Å². The van der Waals surface area contributed by atoms with Crippen LogP contribution in [0.4, 0.5) is 0 Å². The van der Waals surface area contributed by atoms with Crippen LogP contribution in [0.2, 0.25) is 0 Å². The van der Waals surface area contributed by atoms with E-state index in [1.165, 1.54) is 0 Å². The fourth-order valence-electron chi connectivity index (χ4n) is 2.03. The summed E-state index contributed by atoms with van der Waals surface area (Å²) < 4.78 is 34.4. The molecule has 0 aromatic heterocycles. The first kappa shape index (κ1) is 15.1. The molecule has 20 heavy (non-hydrogen) atoms. The quantitative estimate of drug-likeness (QED) is 0.863. The largest absolute Gasteiger partial charge is 0.492 e. The van der Waals surface area contributed by atoms with Gasteiger partial charge < -0.3 is 14.8 Å². The van der Waals surface area contributed by atoms with Crippen molar-refractivity contribution in [1.29, 1.82) is 0 Å². The fraction of sp³-hybridized carbons (Fsp3) is 0.571. The van der Waals surface area contributed by atoms with E-state index in [9.17, 15) is 8.42 Å². The summed E-state index contributed by atoms with van der Waals surface area (Å²) in [5.74, 6) is 1.47. The van der Waals surface area contributed by atoms with Crippen LogP contribution in [0.1, 0.15) is 25.5 Å². The SMILES string of the molecule is CNC1COc2cc(OCCS(=O)(=O)C(C)C)ccc21. The number of rotatable bonds is 6. The summed E-state index contributed by atoms with van der Waals surface area (Å²) >= 11 is 0. The zero-order chi connectivity index (χ0) is 14.8. The number of benzene rings is 1. The van der Waals surface area contributed by atoms with Crippen molar-refractivity contribution in [3.8, 4) is 11.5 Å². The van der Waals surface area contributed by atoms with Gasteiger partial charge in [0, 0.05) is 11.6 Å². The van der Waals surface area contributed by atoms with Crippen molar-refractivity contribution in [2.45, 2.75) is 25.1 Å². The van der Waals surface area contributed by atoms with Crippen LogP contribution in [-0.2, 0) is 9.84 Å². The van der Waals surface area contributed by atoms with Gasteiger partial charge in [-0.15, -0.1) is 0 Å². The van der Waals surface area contributed by atoms with E-state index in [4.69, 9.17) is 9.47 Å². The van der Waals surface area contributed by atoms with Gasteiger partial charge in [-0.2, -0.15) is 0 Å². The van der Waals surface area contributed by atoms with Gasteiger partial charge in [-0.25, -0.2) is 8.42 Å². The second-order valence-corrected chi connectivity index (χ2v) is 7.79. The Morgan fingerprint density at radius 3 is 2.85 bits per heavy atom. The average molecular weight is 299 g/mol. The molecule has 1 heterocycles. The highest BCUT2D eigenvalue weighted by atomic mass is 32.2. The molecule has 0 radical (unpaired) electrons. The van der Waals surface area contributed by atoms with Crippen molar-refractivity contribution in [3.63, 3.8) is 0 Å². The van der Waals surface area contributed by atoms with Crippen molar-refractivity contribution in [3.05, 3.63) is 23.8 Å². The Morgan fingerprint density at radius 2 is 2.20 bits per heavy atom. The lowest BCUT2D eigenvalue weighted by Gasteiger charge is -2.10. The minimum atomic E-state index is -3.06. The molecule has 1 unspecified atom stereocenters. The number of likely N-dealkylation sites (N-methyl/N-ethyl adjacent to an activating group) is 1. The molecule has 0 saturated carbocycles. The van der Waals surface area contributed by atoms with Gasteiger partial charge in [0.05, 0.1) is 17.0 Å². The zero-order valence-electron chi connectivity index (χ0n) is 12.0. The van der Waals surface area contributed by atoms with Crippen LogP contribution >= 0.6 is 0 Å². The van der Waals surface area contributed by atoms with Crippen LogP contribution in [0.3, 0.4) is 0 Å². The molecule has 1 aromatic rings. The maximum absolute atomic E-state index is 11.7. The highest BCUT2D eigenvalue weighted by Crippen LogP contribution is 2.34. The molecule has 1 aromatic carbocycles. The van der Waals surface area contributed by atoms with Crippen LogP contribution in [0.25, 0.3) is 0 Å². The van der Waals surface area contributed by atoms with Gasteiger partial charge in [-0.3, -0.25) is 0 Å². The highest BCUT2D eigenvalue weighted by molar-refractivity contribution is 7.91. The summed E-state index contributed by atoms with van der Waals surface area (Å²) in [7, 11) is -1.17. The first-order chi connectivity index (χ1) is 9.44. The van der Waals surface area contributed by atoms with Crippen molar-refractivity contribution in [1.82, 2.24) is 5.32 Å². The third kappa shape index (κ3) is 3.24. The Bertz CT molecular complexity index is 569. The van der Waals surface area contributed by atoms with E-state index in [2.05, 4.69) is 5.32 Å². The number of sulfone groups is 1. The molecule has 112 valence electrons. The Kier molecular flexibility index (Phi) is 4.55. The van der Waals surface area contributed by atoms with Gasteiger partial charge in [0.1, 0.15) is 24.7 Å². The summed E-state index contributed by atoms with van der Waals surface area (Å²) in [4.78, 5) is 0. The van der Waals surface area contributed by atoms with E-state index in [0.717, 1.165) is 11.3 Å². The normalized spacial score (nSPS) is 17.9. The second-order valence-electron chi connectivity index (χ2n) is 5.12. The maximum atomic E-state index is 11.7. The molecule has 0 saturated heterocycles. The number of ether oxygens (including phenoxy) is 2. The number of hydrogen-bond acceptors (Lipinski definition) is 5. The van der Waals surface area contributed by atoms with Crippen LogP contribution in [0, 0.1) is 0 Å². The minimum absolute atomic E-state index is 0.0295. The van der Waals surface area contributed by atoms with Crippen molar-refractivity contribution in [2.24, 2.45) is 0 Å². The van der Waals surface area contributed by atoms with Crippen molar-refractivity contribution < 1.29 is 17.9 Å². The fourth-order valence-corrected chi connectivity index (χ4v) is 2.82. The lowest BCUT2D eigenvalue weighted by molar-refractivity contribution is 0.313. The van der Waals surface area contributed by atoms with Gasteiger partial charge >= 0.3 is 0 Å². The molecule has 1 atom stereocenters. The molecule has 0 aliphatic carbocycles. The molecule has 0 bridgehead atoms. The van der Waals surface area contributed by atoms with E-state index in [1.54, 1.807) is 13.8 Å². The van der Waals surface area contributed by atoms with Crippen LogP contribution in [-0.4, -0.2) is 39.7 Å². The van der Waals surface area contributed by atoms with Gasteiger partial charge in [-0.1, -0.05) is 0 Å². The molecule has 1 aliphatic rings. The third-order valence-electron chi connectivity index (χ3n) is 3.47. The molecule has 0 spiro atoms. The molecule has 2 rings (SSSR count). The zero-order valence-corrected chi connectivity index (χ0v) is 12.9. The number of hydrogen-bond donors (Lipinski definition) is 1. The predicted octanol–water partition coefficient (Wildman–Crippen LogP) is 1.54. The van der Waals surface area contributed by atoms with Crippen LogP contribution in [0.5, 0.6) is 11.5 Å². The molecule has 5 nitrogen and oxygen atoms in total. The van der Waals surface area contributed by atoms with E-state index in [1.807, 2.05) is 25.2 Å². The third-order valence-corrected chi connectivity index (χ3v) is 5.64. The molecule has 0 fully saturated rings. The highest BCUT2D eigenvalue weighted by Gasteiger charge is 2.23. The Hall–Kier alpha value is -1.27. The van der Waals surface area contributed by atoms with Crippen LogP contribution < -0.4 is 14.8 Å². The summed E-state index contributed by atoms with van der Waals surface area (Å²) in [6, 6.07) is 5.82. The van der Waals surface area contributed by atoms with Gasteiger partial charge in [0.2, 0.25) is 0 Å². The molecular weight excluding hydrogens is 278 g/mol. The average Bonchev–Trinajstić information content (AvgIpc) is 2.80. The predicted molar refractivity (Wildman–Crippen MR) is 78.2 cm³/mol. The second kappa shape index (κ2) is 6.01. The maximum Gasteiger partial charge on any atom is 0.155 e. The van der Waals surface area contributed by atoms with Crippen molar-refractivity contribution in [2.75, 3.05) is 26.0 Å². The Morgan fingerprint density at radius 1 is 1.45 bits per heavy atom. The Labute approximate surface area is 120 Å². The van der Waals surface area contributed by atoms with E-state index in [0.29, 0.717) is 12.4 Å². The van der Waals surface area contributed by atoms with Crippen LogP contribution in [0.15, 0.2) is 18.2 Å². The van der Waals surface area contributed by atoms with Crippen molar-refractivity contribution >= 4 is 9.84 Å². The molecule has 0 amide bonds. The summed E-state index contributed by atoms with van der Waals surface area (Å²) in [6.45, 7) is 4.12. The Balaban J connectivity index is 1.96. The van der Waals surface area contributed by atoms with E-state index >= 15 is 0 Å². The summed E-state index contributed by atoms with van der Waals surface area (Å²) in [5.41, 5.74) is 1.11. The first-order valence-corrected chi connectivity index (χ1v) is 8.44. The standard InChI is InChI=1S/C14H21NO4S/c1-10(2)20(16,17)7-6-18-11-4-5-12-13(15-3)9-19-14(12)8-11/h4-5,8,10,13,15H,6-7,9H2,1-3H3. The smallest absolute Gasteiger partial charge is 0.155 e. The van der Waals surface area contributed by atoms with E-state index < -0.39 is 9.84 Å². The lowest BCUT2D eigenvalue weighted by Crippen LogP contribution is -2.22. The first-order valence-electron chi connectivity index (χ1n) is 6.72. The molecule has 1 aliphatic heterocycles. The monoisotopic (exact) mass is 299 g/mol. The molecular formula is C14H21NO4S. The number of fused-ring (bicyclic) bond motifs is 1.